The molecule has 1 aromatic rings. The Morgan fingerprint density at radius 3 is 2.66 bits per heavy atom. The first-order chi connectivity index (χ1) is 13.7. The van der Waals surface area contributed by atoms with E-state index in [9.17, 15) is 32.1 Å². The summed E-state index contributed by atoms with van der Waals surface area (Å²) in [6, 6.07) is 3.32. The molecule has 2 heterocycles. The van der Waals surface area contributed by atoms with E-state index in [0.717, 1.165) is 12.1 Å². The van der Waals surface area contributed by atoms with Gasteiger partial charge in [-0.05, 0) is 24.5 Å². The van der Waals surface area contributed by atoms with Crippen LogP contribution in [-0.2, 0) is 14.6 Å². The van der Waals surface area contributed by atoms with Crippen molar-refractivity contribution in [3.63, 3.8) is 0 Å². The van der Waals surface area contributed by atoms with Crippen LogP contribution in [0, 0.1) is 10.1 Å². The van der Waals surface area contributed by atoms with E-state index >= 15 is 0 Å². The number of hydrogen-bond acceptors (Lipinski definition) is 7. The fourth-order valence-electron chi connectivity index (χ4n) is 4.15. The second-order valence-corrected chi connectivity index (χ2v) is 9.08. The molecule has 0 saturated carbocycles. The lowest BCUT2D eigenvalue weighted by Crippen LogP contribution is -2.32. The predicted molar refractivity (Wildman–Crippen MR) is 96.9 cm³/mol. The maximum atomic E-state index is 12.7. The van der Waals surface area contributed by atoms with Gasteiger partial charge in [-0.1, -0.05) is 6.07 Å². The summed E-state index contributed by atoms with van der Waals surface area (Å²) in [5.74, 6) is -1.98. The van der Waals surface area contributed by atoms with Gasteiger partial charge in [0.2, 0.25) is 5.75 Å². The predicted octanol–water partition coefficient (Wildman–Crippen LogP) is 2.92. The Morgan fingerprint density at radius 1 is 1.21 bits per heavy atom. The number of ether oxygens (including phenoxy) is 1. The van der Waals surface area contributed by atoms with Crippen molar-refractivity contribution in [1.82, 2.24) is 5.32 Å². The molecule has 154 valence electrons. The molecule has 1 aromatic carbocycles. The molecule has 0 fully saturated rings. The molecule has 8 nitrogen and oxygen atoms in total. The Balaban J connectivity index is 1.91. The van der Waals surface area contributed by atoms with Crippen LogP contribution >= 0.6 is 0 Å². The van der Waals surface area contributed by atoms with Crippen molar-refractivity contribution in [2.45, 2.75) is 38.2 Å². The fourth-order valence-corrected chi connectivity index (χ4v) is 5.98. The summed E-state index contributed by atoms with van der Waals surface area (Å²) in [6.07, 6.45) is 1.68. The van der Waals surface area contributed by atoms with E-state index in [1.165, 1.54) is 6.07 Å². The fraction of sp³-hybridized carbons (Fsp3) is 0.389. The largest absolute Gasteiger partial charge is 0.427 e. The molecule has 0 spiro atoms. The molecule has 1 atom stereocenters. The van der Waals surface area contributed by atoms with Crippen LogP contribution in [0.1, 0.15) is 37.2 Å². The van der Waals surface area contributed by atoms with Crippen LogP contribution in [0.15, 0.2) is 40.1 Å². The quantitative estimate of drug-likeness (QED) is 0.581. The van der Waals surface area contributed by atoms with E-state index in [4.69, 9.17) is 0 Å². The zero-order valence-electron chi connectivity index (χ0n) is 15.0. The van der Waals surface area contributed by atoms with E-state index in [1.54, 1.807) is 0 Å². The second-order valence-electron chi connectivity index (χ2n) is 7.00. The van der Waals surface area contributed by atoms with Crippen molar-refractivity contribution < 1.29 is 31.7 Å². The molecule has 0 amide bonds. The number of rotatable bonds is 4. The minimum Gasteiger partial charge on any atom is -0.427 e. The van der Waals surface area contributed by atoms with Crippen LogP contribution in [-0.4, -0.2) is 31.5 Å². The van der Waals surface area contributed by atoms with Crippen LogP contribution in [0.3, 0.4) is 0 Å². The third-order valence-electron chi connectivity index (χ3n) is 5.29. The summed E-state index contributed by atoms with van der Waals surface area (Å²) < 4.78 is 54.8. The van der Waals surface area contributed by atoms with Crippen molar-refractivity contribution in [3.05, 3.63) is 55.7 Å². The molecule has 11 heteroatoms. The van der Waals surface area contributed by atoms with Gasteiger partial charge in [0.25, 0.3) is 0 Å². The summed E-state index contributed by atoms with van der Waals surface area (Å²) in [6.45, 7) is -3.25. The Labute approximate surface area is 164 Å². The smallest absolute Gasteiger partial charge is 0.387 e. The summed E-state index contributed by atoms with van der Waals surface area (Å²) >= 11 is 0. The molecular formula is C18H16F2N2O6S. The lowest BCUT2D eigenvalue weighted by Gasteiger charge is -2.33. The monoisotopic (exact) mass is 426 g/mol. The molecule has 0 bridgehead atoms. The van der Waals surface area contributed by atoms with Crippen LogP contribution in [0.25, 0.3) is 0 Å². The average Bonchev–Trinajstić information content (AvgIpc) is 2.95. The van der Waals surface area contributed by atoms with Crippen molar-refractivity contribution in [2.75, 3.05) is 5.75 Å². The summed E-state index contributed by atoms with van der Waals surface area (Å²) in [7, 11) is -3.67. The number of nitrogens with one attached hydrogen (secondary N) is 1. The summed E-state index contributed by atoms with van der Waals surface area (Å²) in [5, 5.41) is 14.5. The number of hydrogen-bond donors (Lipinski definition) is 1. The Morgan fingerprint density at radius 2 is 1.97 bits per heavy atom. The number of sulfone groups is 1. The lowest BCUT2D eigenvalue weighted by atomic mass is 9.79. The molecule has 0 aromatic heterocycles. The number of allylic oxidation sites excluding steroid dienone is 4. The molecule has 1 N–H and O–H groups in total. The standard InChI is InChI=1S/C18H16F2N2O6S/c19-18(20)28-14-5-4-9(8-12(14)22(24)25)15-16-10(2-1-3-13(16)23)21-11-6-7-29(26,27)17(11)15/h4-5,8,15,18,21H,1-3,6-7H2. The van der Waals surface area contributed by atoms with E-state index in [-0.39, 0.29) is 40.4 Å². The molecule has 29 heavy (non-hydrogen) atoms. The number of carbonyl (C=O) groups is 1. The van der Waals surface area contributed by atoms with Gasteiger partial charge >= 0.3 is 12.3 Å². The maximum Gasteiger partial charge on any atom is 0.387 e. The highest BCUT2D eigenvalue weighted by Crippen LogP contribution is 2.48. The lowest BCUT2D eigenvalue weighted by molar-refractivity contribution is -0.386. The Bertz CT molecular complexity index is 1090. The highest BCUT2D eigenvalue weighted by Gasteiger charge is 2.45. The molecule has 0 radical (unpaired) electrons. The number of nitro groups is 1. The van der Waals surface area contributed by atoms with Gasteiger partial charge in [-0.2, -0.15) is 8.78 Å². The SMILES string of the molecule is O=C1CCCC2=C1C(c1ccc(OC(F)F)c([N+](=O)[O-])c1)C1=C(CCS1(=O)=O)N2. The first-order valence-corrected chi connectivity index (χ1v) is 10.6. The first-order valence-electron chi connectivity index (χ1n) is 8.91. The normalized spacial score (nSPS) is 23.0. The minimum absolute atomic E-state index is 0.0309. The van der Waals surface area contributed by atoms with Gasteiger partial charge in [-0.25, -0.2) is 8.42 Å². The van der Waals surface area contributed by atoms with Gasteiger partial charge in [0.1, 0.15) is 0 Å². The van der Waals surface area contributed by atoms with Gasteiger partial charge < -0.3 is 10.1 Å². The number of nitro benzene ring substituents is 1. The van der Waals surface area contributed by atoms with E-state index < -0.39 is 38.7 Å². The molecular weight excluding hydrogens is 410 g/mol. The number of nitrogens with zero attached hydrogens (tertiary/aromatic N) is 1. The third-order valence-corrected chi connectivity index (χ3v) is 7.18. The molecule has 2 aliphatic heterocycles. The van der Waals surface area contributed by atoms with Gasteiger partial charge in [-0.15, -0.1) is 0 Å². The average molecular weight is 426 g/mol. The molecule has 4 rings (SSSR count). The highest BCUT2D eigenvalue weighted by molar-refractivity contribution is 7.95. The van der Waals surface area contributed by atoms with E-state index in [0.29, 0.717) is 24.2 Å². The number of Topliss-reactive ketones (excluding diaryl/α,β-unsaturated/α-hetero) is 1. The maximum absolute atomic E-state index is 12.7. The summed E-state index contributed by atoms with van der Waals surface area (Å²) in [4.78, 5) is 23.2. The van der Waals surface area contributed by atoms with Crippen molar-refractivity contribution in [3.8, 4) is 5.75 Å². The Hall–Kier alpha value is -2.82. The number of ketones is 1. The zero-order chi connectivity index (χ0) is 20.9. The van der Waals surface area contributed by atoms with Gasteiger partial charge in [0.05, 0.1) is 21.5 Å². The first kappa shape index (κ1) is 19.5. The topological polar surface area (TPSA) is 116 Å². The van der Waals surface area contributed by atoms with Crippen molar-refractivity contribution in [1.29, 1.82) is 0 Å². The Kier molecular flexibility index (Phi) is 4.64. The number of halogens is 2. The van der Waals surface area contributed by atoms with Crippen LogP contribution in [0.4, 0.5) is 14.5 Å². The summed E-state index contributed by atoms with van der Waals surface area (Å²) in [5.41, 5.74) is 0.846. The van der Waals surface area contributed by atoms with Gasteiger partial charge in [-0.3, -0.25) is 14.9 Å². The molecule has 1 aliphatic carbocycles. The van der Waals surface area contributed by atoms with Crippen LogP contribution < -0.4 is 10.1 Å². The van der Waals surface area contributed by atoms with Gasteiger partial charge in [0, 0.05) is 35.9 Å². The minimum atomic E-state index is -3.67. The zero-order valence-corrected chi connectivity index (χ0v) is 15.8. The highest BCUT2D eigenvalue weighted by atomic mass is 32.2. The van der Waals surface area contributed by atoms with Crippen LogP contribution in [0.5, 0.6) is 5.75 Å². The van der Waals surface area contributed by atoms with E-state index in [1.807, 2.05) is 0 Å². The molecule has 1 unspecified atom stereocenters. The molecule has 3 aliphatic rings. The van der Waals surface area contributed by atoms with Crippen LogP contribution in [0.2, 0.25) is 0 Å². The number of carbonyl (C=O) groups excluding carboxylic acids is 1. The third kappa shape index (κ3) is 3.28. The molecule has 0 saturated heterocycles. The second kappa shape index (κ2) is 6.90. The number of alkyl halides is 2. The number of dihydropyridines is 1. The van der Waals surface area contributed by atoms with Gasteiger partial charge in [0.15, 0.2) is 15.6 Å². The van der Waals surface area contributed by atoms with E-state index in [2.05, 4.69) is 10.1 Å². The van der Waals surface area contributed by atoms with Crippen molar-refractivity contribution >= 4 is 21.3 Å². The number of benzene rings is 1. The van der Waals surface area contributed by atoms with Crippen molar-refractivity contribution in [2.24, 2.45) is 0 Å².